The fourth-order valence-electron chi connectivity index (χ4n) is 3.86. The monoisotopic (exact) mass is 431 g/mol. The third-order valence-corrected chi connectivity index (χ3v) is 5.08. The molecule has 31 heavy (non-hydrogen) atoms. The summed E-state index contributed by atoms with van der Waals surface area (Å²) in [4.78, 5) is 31.1. The topological polar surface area (TPSA) is 107 Å². The van der Waals surface area contributed by atoms with E-state index in [1.54, 1.807) is 24.4 Å². The number of carbonyl (C=O) groups excluding carboxylic acids is 1. The van der Waals surface area contributed by atoms with E-state index < -0.39 is 23.5 Å². The Morgan fingerprint density at radius 2 is 2.03 bits per heavy atom. The normalized spacial score (nSPS) is 19.1. The summed E-state index contributed by atoms with van der Waals surface area (Å²) >= 11 is 0. The molecule has 1 fully saturated rings. The van der Waals surface area contributed by atoms with Crippen molar-refractivity contribution in [3.8, 4) is 0 Å². The third kappa shape index (κ3) is 5.89. The second-order valence-electron chi connectivity index (χ2n) is 7.74. The summed E-state index contributed by atoms with van der Waals surface area (Å²) in [5.41, 5.74) is 0.794. The van der Waals surface area contributed by atoms with Crippen molar-refractivity contribution in [1.82, 2.24) is 14.8 Å². The Bertz CT molecular complexity index is 929. The number of nitrogens with zero attached hydrogens (tertiary/aromatic N) is 3. The van der Waals surface area contributed by atoms with Gasteiger partial charge in [-0.2, -0.15) is 0 Å². The molecule has 1 aromatic heterocycles. The predicted molar refractivity (Wildman–Crippen MR) is 114 cm³/mol. The molecule has 0 saturated carbocycles. The highest BCUT2D eigenvalue weighted by atomic mass is 19.1. The Morgan fingerprint density at radius 1 is 1.26 bits per heavy atom. The maximum absolute atomic E-state index is 14.2. The van der Waals surface area contributed by atoms with Crippen LogP contribution in [0.1, 0.15) is 12.5 Å². The van der Waals surface area contributed by atoms with Crippen LogP contribution in [0.5, 0.6) is 0 Å². The molecule has 0 unspecified atom stereocenters. The number of ether oxygens (including phenoxy) is 1. The fraction of sp³-hybridized carbons (Fsp3) is 0.381. The number of aromatic nitrogens is 1. The SMILES string of the molecule is COC[C@]1(C)CN(Cc2cc(F)cc(NC(=O)Nc3cccnc3)c2)CCN1C(=O)O. The molecule has 2 aromatic rings. The molecular weight excluding hydrogens is 405 g/mol. The van der Waals surface area contributed by atoms with E-state index in [0.29, 0.717) is 43.1 Å². The second-order valence-corrected chi connectivity index (χ2v) is 7.74. The maximum atomic E-state index is 14.2. The highest BCUT2D eigenvalue weighted by Gasteiger charge is 2.40. The average Bonchev–Trinajstić information content (AvgIpc) is 2.67. The first-order chi connectivity index (χ1) is 14.8. The van der Waals surface area contributed by atoms with Crippen molar-refractivity contribution in [1.29, 1.82) is 0 Å². The fourth-order valence-corrected chi connectivity index (χ4v) is 3.86. The van der Waals surface area contributed by atoms with Crippen molar-refractivity contribution >= 4 is 23.5 Å². The molecule has 3 amide bonds. The van der Waals surface area contributed by atoms with Crippen LogP contribution in [-0.2, 0) is 11.3 Å². The molecule has 1 aliphatic rings. The zero-order valence-electron chi connectivity index (χ0n) is 17.5. The van der Waals surface area contributed by atoms with E-state index in [9.17, 15) is 19.1 Å². The Balaban J connectivity index is 1.67. The summed E-state index contributed by atoms with van der Waals surface area (Å²) in [6, 6.07) is 7.22. The number of anilines is 2. The molecule has 1 aliphatic heterocycles. The summed E-state index contributed by atoms with van der Waals surface area (Å²) in [6.07, 6.45) is 2.11. The lowest BCUT2D eigenvalue weighted by Crippen LogP contribution is -2.64. The van der Waals surface area contributed by atoms with Crippen molar-refractivity contribution in [2.75, 3.05) is 44.0 Å². The number of urea groups is 1. The van der Waals surface area contributed by atoms with E-state index in [4.69, 9.17) is 4.74 Å². The van der Waals surface area contributed by atoms with E-state index in [-0.39, 0.29) is 6.61 Å². The smallest absolute Gasteiger partial charge is 0.407 e. The van der Waals surface area contributed by atoms with Crippen LogP contribution in [0.15, 0.2) is 42.7 Å². The van der Waals surface area contributed by atoms with Gasteiger partial charge in [-0.05, 0) is 42.8 Å². The number of hydrogen-bond acceptors (Lipinski definition) is 5. The minimum Gasteiger partial charge on any atom is -0.465 e. The van der Waals surface area contributed by atoms with Gasteiger partial charge in [0, 0.05) is 45.2 Å². The standard InChI is InChI=1S/C21H26FN5O4/c1-21(14-31-2)13-26(6-7-27(21)20(29)30)12-15-8-16(22)10-18(9-15)25-19(28)24-17-4-3-5-23-11-17/h3-5,8-11H,6-7,12-14H2,1-2H3,(H,29,30)(H2,24,25,28)/t21-/m0/s1. The lowest BCUT2D eigenvalue weighted by Gasteiger charge is -2.47. The summed E-state index contributed by atoms with van der Waals surface area (Å²) < 4.78 is 19.4. The molecule has 10 heteroatoms. The van der Waals surface area contributed by atoms with Crippen molar-refractivity contribution in [2.24, 2.45) is 0 Å². The third-order valence-electron chi connectivity index (χ3n) is 5.08. The van der Waals surface area contributed by atoms with Gasteiger partial charge < -0.3 is 20.5 Å². The molecule has 3 N–H and O–H groups in total. The van der Waals surface area contributed by atoms with Crippen LogP contribution in [0.3, 0.4) is 0 Å². The van der Waals surface area contributed by atoms with Gasteiger partial charge in [-0.3, -0.25) is 14.8 Å². The average molecular weight is 431 g/mol. The first-order valence-electron chi connectivity index (χ1n) is 9.78. The largest absolute Gasteiger partial charge is 0.465 e. The molecule has 1 aromatic carbocycles. The molecule has 0 aliphatic carbocycles. The number of pyridine rings is 1. The number of hydrogen-bond donors (Lipinski definition) is 3. The minimum atomic E-state index is -0.990. The van der Waals surface area contributed by atoms with Crippen molar-refractivity contribution < 1.29 is 23.8 Å². The van der Waals surface area contributed by atoms with Crippen LogP contribution in [-0.4, -0.2) is 70.9 Å². The van der Waals surface area contributed by atoms with Crippen molar-refractivity contribution in [3.05, 3.63) is 54.1 Å². The quantitative estimate of drug-likeness (QED) is 0.649. The van der Waals surface area contributed by atoms with Gasteiger partial charge in [0.15, 0.2) is 0 Å². The van der Waals surface area contributed by atoms with Gasteiger partial charge in [0.05, 0.1) is 24.0 Å². The molecule has 3 rings (SSSR count). The van der Waals surface area contributed by atoms with Gasteiger partial charge in [-0.15, -0.1) is 0 Å². The maximum Gasteiger partial charge on any atom is 0.407 e. The Labute approximate surface area is 179 Å². The molecule has 1 saturated heterocycles. The van der Waals surface area contributed by atoms with Crippen LogP contribution < -0.4 is 10.6 Å². The van der Waals surface area contributed by atoms with Gasteiger partial charge >= 0.3 is 12.1 Å². The van der Waals surface area contributed by atoms with E-state index >= 15 is 0 Å². The number of piperazine rings is 1. The number of nitrogens with one attached hydrogen (secondary N) is 2. The number of benzene rings is 1. The summed E-state index contributed by atoms with van der Waals surface area (Å²) in [5, 5.41) is 14.7. The highest BCUT2D eigenvalue weighted by molar-refractivity contribution is 5.99. The number of methoxy groups -OCH3 is 1. The molecule has 1 atom stereocenters. The van der Waals surface area contributed by atoms with Gasteiger partial charge in [0.25, 0.3) is 0 Å². The molecule has 2 heterocycles. The Morgan fingerprint density at radius 3 is 2.71 bits per heavy atom. The first-order valence-corrected chi connectivity index (χ1v) is 9.78. The number of carbonyl (C=O) groups is 2. The minimum absolute atomic E-state index is 0.250. The molecule has 0 spiro atoms. The Kier molecular flexibility index (Phi) is 7.03. The Hall–Kier alpha value is -3.24. The number of carboxylic acid groups (broad SMARTS) is 1. The number of rotatable bonds is 6. The van der Waals surface area contributed by atoms with Crippen molar-refractivity contribution in [3.63, 3.8) is 0 Å². The van der Waals surface area contributed by atoms with E-state index in [1.807, 2.05) is 11.8 Å². The van der Waals surface area contributed by atoms with Crippen LogP contribution in [0, 0.1) is 5.82 Å². The van der Waals surface area contributed by atoms with Crippen LogP contribution in [0.25, 0.3) is 0 Å². The summed E-state index contributed by atoms with van der Waals surface area (Å²) in [6.45, 7) is 3.76. The lowest BCUT2D eigenvalue weighted by atomic mass is 9.97. The zero-order chi connectivity index (χ0) is 22.4. The lowest BCUT2D eigenvalue weighted by molar-refractivity contribution is -0.0283. The van der Waals surface area contributed by atoms with Crippen molar-refractivity contribution in [2.45, 2.75) is 19.0 Å². The first kappa shape index (κ1) is 22.4. The van der Waals surface area contributed by atoms with Gasteiger partial charge in [0.1, 0.15) is 5.82 Å². The van der Waals surface area contributed by atoms with Gasteiger partial charge in [-0.1, -0.05) is 0 Å². The second kappa shape index (κ2) is 9.71. The molecule has 166 valence electrons. The summed E-state index contributed by atoms with van der Waals surface area (Å²) in [7, 11) is 1.53. The highest BCUT2D eigenvalue weighted by Crippen LogP contribution is 2.24. The number of halogens is 1. The van der Waals surface area contributed by atoms with Crippen LogP contribution in [0.4, 0.5) is 25.4 Å². The molecule has 0 bridgehead atoms. The number of amides is 3. The van der Waals surface area contributed by atoms with E-state index in [2.05, 4.69) is 15.6 Å². The molecular formula is C21H26FN5O4. The van der Waals surface area contributed by atoms with Gasteiger partial charge in [-0.25, -0.2) is 14.0 Å². The molecule has 9 nitrogen and oxygen atoms in total. The van der Waals surface area contributed by atoms with Crippen LogP contribution in [0.2, 0.25) is 0 Å². The summed E-state index contributed by atoms with van der Waals surface area (Å²) in [5.74, 6) is -0.474. The van der Waals surface area contributed by atoms with Crippen LogP contribution >= 0.6 is 0 Å². The van der Waals surface area contributed by atoms with E-state index in [1.165, 1.54) is 30.3 Å². The predicted octanol–water partition coefficient (Wildman–Crippen LogP) is 3.07. The van der Waals surface area contributed by atoms with Gasteiger partial charge in [0.2, 0.25) is 0 Å². The van der Waals surface area contributed by atoms with E-state index in [0.717, 1.165) is 0 Å². The molecule has 0 radical (unpaired) electrons. The zero-order valence-corrected chi connectivity index (χ0v) is 17.5.